The second-order valence-corrected chi connectivity index (χ2v) is 9.08. The van der Waals surface area contributed by atoms with E-state index in [0.717, 1.165) is 50.3 Å². The summed E-state index contributed by atoms with van der Waals surface area (Å²) in [7, 11) is 1.65. The van der Waals surface area contributed by atoms with Crippen LogP contribution < -0.4 is 4.74 Å². The van der Waals surface area contributed by atoms with Crippen molar-refractivity contribution >= 4 is 11.0 Å². The number of aromatic nitrogens is 3. The molecule has 6 aromatic rings. The van der Waals surface area contributed by atoms with Gasteiger partial charge in [0.25, 0.3) is 0 Å². The van der Waals surface area contributed by atoms with Crippen LogP contribution in [-0.2, 0) is 0 Å². The zero-order chi connectivity index (χ0) is 26.1. The molecule has 0 aliphatic heterocycles. The van der Waals surface area contributed by atoms with Gasteiger partial charge in [0.15, 0.2) is 5.65 Å². The molecule has 2 aromatic heterocycles. The van der Waals surface area contributed by atoms with E-state index in [9.17, 15) is 5.26 Å². The number of ether oxygens (including phenoxy) is 1. The number of methoxy groups -OCH3 is 1. The Morgan fingerprint density at radius 3 is 1.95 bits per heavy atom. The van der Waals surface area contributed by atoms with Gasteiger partial charge in [0.05, 0.1) is 29.4 Å². The van der Waals surface area contributed by atoms with E-state index in [1.807, 2.05) is 121 Å². The number of rotatable bonds is 5. The van der Waals surface area contributed by atoms with Crippen molar-refractivity contribution in [3.8, 4) is 51.1 Å². The van der Waals surface area contributed by atoms with E-state index in [4.69, 9.17) is 14.8 Å². The van der Waals surface area contributed by atoms with Gasteiger partial charge in [0, 0.05) is 16.7 Å². The largest absolute Gasteiger partial charge is 0.497 e. The maximum absolute atomic E-state index is 10.6. The lowest BCUT2D eigenvalue weighted by atomic mass is 9.92. The minimum absolute atomic E-state index is 0.510. The second kappa shape index (κ2) is 9.68. The molecule has 2 heterocycles. The lowest BCUT2D eigenvalue weighted by Crippen LogP contribution is -2.01. The van der Waals surface area contributed by atoms with E-state index in [0.29, 0.717) is 16.9 Å². The standard InChI is InChI=1S/C33H24N4O/c1-22-13-15-25(16-14-22)31-28(21-34)29(23-17-19-27(38-2)20-18-23)30-32(24-9-5-3-6-10-24)36-37(33(30)35-31)26-11-7-4-8-12-26/h3-20H,1-2H3. The highest BCUT2D eigenvalue weighted by Gasteiger charge is 2.25. The number of hydrogen-bond acceptors (Lipinski definition) is 4. The predicted octanol–water partition coefficient (Wildman–Crippen LogP) is 7.61. The SMILES string of the molecule is COc1ccc(-c2c(C#N)c(-c3ccc(C)cc3)nc3c2c(-c2ccccc2)nn3-c2ccccc2)cc1. The number of nitriles is 1. The maximum Gasteiger partial charge on any atom is 0.164 e. The van der Waals surface area contributed by atoms with Gasteiger partial charge in [-0.05, 0) is 36.8 Å². The Hall–Kier alpha value is -5.21. The van der Waals surface area contributed by atoms with Crippen LogP contribution in [0.1, 0.15) is 11.1 Å². The fourth-order valence-electron chi connectivity index (χ4n) is 4.77. The van der Waals surface area contributed by atoms with Gasteiger partial charge in [0.1, 0.15) is 17.5 Å². The van der Waals surface area contributed by atoms with Crippen LogP contribution in [-0.4, -0.2) is 21.9 Å². The third kappa shape index (κ3) is 3.99. The number of pyridine rings is 1. The van der Waals surface area contributed by atoms with Gasteiger partial charge < -0.3 is 4.74 Å². The summed E-state index contributed by atoms with van der Waals surface area (Å²) in [6.07, 6.45) is 0. The number of hydrogen-bond donors (Lipinski definition) is 0. The zero-order valence-electron chi connectivity index (χ0n) is 21.1. The van der Waals surface area contributed by atoms with Gasteiger partial charge in [-0.15, -0.1) is 0 Å². The van der Waals surface area contributed by atoms with Crippen LogP contribution >= 0.6 is 0 Å². The van der Waals surface area contributed by atoms with Gasteiger partial charge in [-0.1, -0.05) is 90.5 Å². The molecule has 0 N–H and O–H groups in total. The summed E-state index contributed by atoms with van der Waals surface area (Å²) >= 11 is 0. The first-order valence-electron chi connectivity index (χ1n) is 12.4. The van der Waals surface area contributed by atoms with Gasteiger partial charge in [0.2, 0.25) is 0 Å². The summed E-state index contributed by atoms with van der Waals surface area (Å²) in [4.78, 5) is 5.14. The Bertz CT molecular complexity index is 1780. The molecule has 0 amide bonds. The fraction of sp³-hybridized carbons (Fsp3) is 0.0606. The minimum atomic E-state index is 0.510. The van der Waals surface area contributed by atoms with Crippen LogP contribution in [0.15, 0.2) is 109 Å². The molecule has 0 aliphatic carbocycles. The molecule has 4 aromatic carbocycles. The van der Waals surface area contributed by atoms with E-state index in [1.54, 1.807) is 7.11 Å². The Labute approximate surface area is 221 Å². The zero-order valence-corrected chi connectivity index (χ0v) is 21.1. The minimum Gasteiger partial charge on any atom is -0.497 e. The highest BCUT2D eigenvalue weighted by molar-refractivity contribution is 6.07. The number of aryl methyl sites for hydroxylation is 1. The quantitative estimate of drug-likeness (QED) is 0.248. The molecule has 0 spiro atoms. The first kappa shape index (κ1) is 23.2. The smallest absolute Gasteiger partial charge is 0.164 e. The van der Waals surface area contributed by atoms with Gasteiger partial charge in [-0.25, -0.2) is 9.67 Å². The van der Waals surface area contributed by atoms with Crippen molar-refractivity contribution in [2.45, 2.75) is 6.92 Å². The summed E-state index contributed by atoms with van der Waals surface area (Å²) in [5, 5.41) is 16.5. The summed E-state index contributed by atoms with van der Waals surface area (Å²) in [6, 6.07) is 38.4. The Morgan fingerprint density at radius 1 is 0.711 bits per heavy atom. The summed E-state index contributed by atoms with van der Waals surface area (Å²) in [5.41, 5.74) is 8.17. The van der Waals surface area contributed by atoms with E-state index < -0.39 is 0 Å². The number of fused-ring (bicyclic) bond motifs is 1. The summed E-state index contributed by atoms with van der Waals surface area (Å²) in [5.74, 6) is 0.750. The lowest BCUT2D eigenvalue weighted by Gasteiger charge is -2.14. The molecule has 182 valence electrons. The van der Waals surface area contributed by atoms with E-state index in [2.05, 4.69) is 6.07 Å². The first-order chi connectivity index (χ1) is 18.7. The van der Waals surface area contributed by atoms with Crippen molar-refractivity contribution in [1.29, 1.82) is 5.26 Å². The van der Waals surface area contributed by atoms with Crippen molar-refractivity contribution in [3.63, 3.8) is 0 Å². The second-order valence-electron chi connectivity index (χ2n) is 9.08. The average molecular weight is 493 g/mol. The fourth-order valence-corrected chi connectivity index (χ4v) is 4.77. The molecule has 0 aliphatic rings. The van der Waals surface area contributed by atoms with Crippen LogP contribution in [0.3, 0.4) is 0 Å². The Balaban J connectivity index is 1.79. The summed E-state index contributed by atoms with van der Waals surface area (Å²) in [6.45, 7) is 2.05. The van der Waals surface area contributed by atoms with Crippen molar-refractivity contribution in [1.82, 2.24) is 14.8 Å². The predicted molar refractivity (Wildman–Crippen MR) is 151 cm³/mol. The van der Waals surface area contributed by atoms with Crippen molar-refractivity contribution in [2.24, 2.45) is 0 Å². The Morgan fingerprint density at radius 2 is 1.32 bits per heavy atom. The van der Waals surface area contributed by atoms with Crippen LogP contribution in [0.2, 0.25) is 0 Å². The molecule has 5 heteroatoms. The first-order valence-corrected chi connectivity index (χ1v) is 12.4. The highest BCUT2D eigenvalue weighted by Crippen LogP contribution is 2.42. The molecule has 0 atom stereocenters. The lowest BCUT2D eigenvalue weighted by molar-refractivity contribution is 0.415. The van der Waals surface area contributed by atoms with Gasteiger partial charge >= 0.3 is 0 Å². The number of nitrogens with zero attached hydrogens (tertiary/aromatic N) is 4. The summed E-state index contributed by atoms with van der Waals surface area (Å²) < 4.78 is 7.29. The molecule has 38 heavy (non-hydrogen) atoms. The average Bonchev–Trinajstić information content (AvgIpc) is 3.37. The third-order valence-corrected chi connectivity index (χ3v) is 6.68. The highest BCUT2D eigenvalue weighted by atomic mass is 16.5. The maximum atomic E-state index is 10.6. The van der Waals surface area contributed by atoms with Crippen LogP contribution in [0.5, 0.6) is 5.75 Å². The van der Waals surface area contributed by atoms with E-state index in [-0.39, 0.29) is 0 Å². The van der Waals surface area contributed by atoms with Crippen molar-refractivity contribution < 1.29 is 4.74 Å². The molecule has 0 bridgehead atoms. The molecule has 0 saturated carbocycles. The van der Waals surface area contributed by atoms with Crippen LogP contribution in [0.25, 0.3) is 50.4 Å². The molecular formula is C33H24N4O. The van der Waals surface area contributed by atoms with E-state index in [1.165, 1.54) is 0 Å². The van der Waals surface area contributed by atoms with Crippen molar-refractivity contribution in [2.75, 3.05) is 7.11 Å². The van der Waals surface area contributed by atoms with E-state index >= 15 is 0 Å². The normalized spacial score (nSPS) is 10.9. The molecule has 0 unspecified atom stereocenters. The molecule has 5 nitrogen and oxygen atoms in total. The molecule has 0 fully saturated rings. The third-order valence-electron chi connectivity index (χ3n) is 6.68. The number of benzene rings is 4. The van der Waals surface area contributed by atoms with Crippen LogP contribution in [0, 0.1) is 18.3 Å². The van der Waals surface area contributed by atoms with Crippen LogP contribution in [0.4, 0.5) is 0 Å². The molecular weight excluding hydrogens is 468 g/mol. The van der Waals surface area contributed by atoms with Gasteiger partial charge in [-0.2, -0.15) is 10.4 Å². The number of para-hydroxylation sites is 1. The molecule has 6 rings (SSSR count). The Kier molecular flexibility index (Phi) is 5.91. The topological polar surface area (TPSA) is 63.7 Å². The molecule has 0 saturated heterocycles. The molecule has 0 radical (unpaired) electrons. The van der Waals surface area contributed by atoms with Gasteiger partial charge in [-0.3, -0.25) is 0 Å². The monoisotopic (exact) mass is 492 g/mol. The van der Waals surface area contributed by atoms with Crippen molar-refractivity contribution in [3.05, 3.63) is 120 Å².